The van der Waals surface area contributed by atoms with Crippen LogP contribution < -0.4 is 0 Å². The van der Waals surface area contributed by atoms with E-state index < -0.39 is 0 Å². The van der Waals surface area contributed by atoms with E-state index in [0.29, 0.717) is 26.2 Å². The maximum atomic E-state index is 11.1. The molecule has 0 aromatic heterocycles. The van der Waals surface area contributed by atoms with Gasteiger partial charge in [0.1, 0.15) is 0 Å². The van der Waals surface area contributed by atoms with Gasteiger partial charge >= 0.3 is 5.97 Å². The standard InChI is InChI=1S/C27H53NO4/c1-5-6-7-8-9-10-11-12-13-14-15-16-17-19-22-31-24-26(28(2)3)25-32-23-20-18-21-27(29)30-4/h10-11,26H,5-9,12-25H2,1-4H3/b11-10-. The van der Waals surface area contributed by atoms with Crippen molar-refractivity contribution in [3.63, 3.8) is 0 Å². The topological polar surface area (TPSA) is 48.0 Å². The molecule has 0 aliphatic rings. The highest BCUT2D eigenvalue weighted by Crippen LogP contribution is 2.09. The molecule has 0 aromatic carbocycles. The number of rotatable bonds is 24. The number of likely N-dealkylation sites (N-methyl/N-ethyl adjacent to an activating group) is 1. The number of unbranched alkanes of at least 4 members (excludes halogenated alkanes) is 11. The monoisotopic (exact) mass is 455 g/mol. The van der Waals surface area contributed by atoms with E-state index >= 15 is 0 Å². The molecule has 1 unspecified atom stereocenters. The van der Waals surface area contributed by atoms with E-state index in [2.05, 4.69) is 42.8 Å². The van der Waals surface area contributed by atoms with Crippen molar-refractivity contribution in [2.45, 2.75) is 109 Å². The predicted molar refractivity (Wildman–Crippen MR) is 135 cm³/mol. The van der Waals surface area contributed by atoms with Gasteiger partial charge in [-0.25, -0.2) is 0 Å². The first-order valence-electron chi connectivity index (χ1n) is 13.2. The number of allylic oxidation sites excluding steroid dienone is 2. The van der Waals surface area contributed by atoms with Crippen molar-refractivity contribution in [3.05, 3.63) is 12.2 Å². The number of hydrogen-bond donors (Lipinski definition) is 0. The lowest BCUT2D eigenvalue weighted by atomic mass is 10.1. The molecular formula is C27H53NO4. The Labute approximate surface area is 199 Å². The summed E-state index contributed by atoms with van der Waals surface area (Å²) < 4.78 is 16.3. The van der Waals surface area contributed by atoms with Gasteiger partial charge in [0.25, 0.3) is 0 Å². The number of esters is 1. The highest BCUT2D eigenvalue weighted by Gasteiger charge is 2.12. The first kappa shape index (κ1) is 31.1. The Hall–Kier alpha value is -0.910. The van der Waals surface area contributed by atoms with Crippen LogP contribution in [0, 0.1) is 0 Å². The Kier molecular flexibility index (Phi) is 24.0. The molecule has 0 saturated carbocycles. The van der Waals surface area contributed by atoms with Crippen molar-refractivity contribution >= 4 is 5.97 Å². The molecule has 0 fully saturated rings. The number of nitrogens with zero attached hydrogens (tertiary/aromatic N) is 1. The average Bonchev–Trinajstić information content (AvgIpc) is 2.79. The van der Waals surface area contributed by atoms with E-state index in [1.165, 1.54) is 77.7 Å². The zero-order valence-electron chi connectivity index (χ0n) is 21.7. The van der Waals surface area contributed by atoms with Crippen LogP contribution in [-0.4, -0.2) is 64.5 Å². The molecular weight excluding hydrogens is 402 g/mol. The van der Waals surface area contributed by atoms with Crippen LogP contribution in [0.4, 0.5) is 0 Å². The Morgan fingerprint density at radius 3 is 1.78 bits per heavy atom. The zero-order chi connectivity index (χ0) is 23.7. The first-order valence-corrected chi connectivity index (χ1v) is 13.2. The lowest BCUT2D eigenvalue weighted by Gasteiger charge is -2.24. The quantitative estimate of drug-likeness (QED) is 0.0938. The minimum atomic E-state index is -0.148. The molecule has 0 N–H and O–H groups in total. The lowest BCUT2D eigenvalue weighted by molar-refractivity contribution is -0.140. The second kappa shape index (κ2) is 24.7. The number of ether oxygens (including phenoxy) is 3. The molecule has 0 aliphatic heterocycles. The molecule has 0 radical (unpaired) electrons. The third-order valence-corrected chi connectivity index (χ3v) is 5.80. The van der Waals surface area contributed by atoms with Gasteiger partial charge in [0, 0.05) is 19.6 Å². The molecule has 0 saturated heterocycles. The van der Waals surface area contributed by atoms with Gasteiger partial charge in [-0.2, -0.15) is 0 Å². The fourth-order valence-corrected chi connectivity index (χ4v) is 3.46. The summed E-state index contributed by atoms with van der Waals surface area (Å²) in [4.78, 5) is 13.2. The average molecular weight is 456 g/mol. The Morgan fingerprint density at radius 2 is 1.25 bits per heavy atom. The van der Waals surface area contributed by atoms with Crippen molar-refractivity contribution < 1.29 is 19.0 Å². The summed E-state index contributed by atoms with van der Waals surface area (Å²) in [5.74, 6) is -0.148. The maximum absolute atomic E-state index is 11.1. The van der Waals surface area contributed by atoms with Crippen LogP contribution in [0.25, 0.3) is 0 Å². The first-order chi connectivity index (χ1) is 15.6. The molecule has 5 heteroatoms. The number of hydrogen-bond acceptors (Lipinski definition) is 5. The second-order valence-corrected chi connectivity index (χ2v) is 9.03. The molecule has 190 valence electrons. The van der Waals surface area contributed by atoms with E-state index in [4.69, 9.17) is 9.47 Å². The highest BCUT2D eigenvalue weighted by molar-refractivity contribution is 5.68. The van der Waals surface area contributed by atoms with Crippen molar-refractivity contribution in [3.8, 4) is 0 Å². The number of carbonyl (C=O) groups is 1. The largest absolute Gasteiger partial charge is 0.469 e. The van der Waals surface area contributed by atoms with E-state index in [9.17, 15) is 4.79 Å². The van der Waals surface area contributed by atoms with Crippen LogP contribution in [0.3, 0.4) is 0 Å². The second-order valence-electron chi connectivity index (χ2n) is 9.03. The Bertz CT molecular complexity index is 426. The SMILES string of the molecule is CCCCCC/C=C\CCCCCCCCOCC(COCCCCC(=O)OC)N(C)C. The van der Waals surface area contributed by atoms with E-state index in [0.717, 1.165) is 25.9 Å². The maximum Gasteiger partial charge on any atom is 0.305 e. The molecule has 0 aromatic rings. The zero-order valence-corrected chi connectivity index (χ0v) is 21.7. The summed E-state index contributed by atoms with van der Waals surface area (Å²) in [6.07, 6.45) is 22.6. The van der Waals surface area contributed by atoms with Crippen LogP contribution in [0.5, 0.6) is 0 Å². The number of carbonyl (C=O) groups excluding carboxylic acids is 1. The van der Waals surface area contributed by atoms with Gasteiger partial charge in [-0.05, 0) is 59.0 Å². The third kappa shape index (κ3) is 22.3. The fraction of sp³-hybridized carbons (Fsp3) is 0.889. The molecule has 0 rings (SSSR count). The molecule has 5 nitrogen and oxygen atoms in total. The van der Waals surface area contributed by atoms with Gasteiger partial charge in [0.15, 0.2) is 0 Å². The molecule has 1 atom stereocenters. The summed E-state index contributed by atoms with van der Waals surface area (Å²) in [7, 11) is 5.56. The predicted octanol–water partition coefficient (Wildman–Crippen LogP) is 6.55. The van der Waals surface area contributed by atoms with Crippen LogP contribution in [0.1, 0.15) is 103 Å². The minimum absolute atomic E-state index is 0.148. The third-order valence-electron chi connectivity index (χ3n) is 5.80. The summed E-state index contributed by atoms with van der Waals surface area (Å²) in [5, 5.41) is 0. The summed E-state index contributed by atoms with van der Waals surface area (Å²) >= 11 is 0. The molecule has 0 aliphatic carbocycles. The van der Waals surface area contributed by atoms with Crippen LogP contribution in [0.2, 0.25) is 0 Å². The molecule has 0 bridgehead atoms. The fourth-order valence-electron chi connectivity index (χ4n) is 3.46. The van der Waals surface area contributed by atoms with Crippen LogP contribution in [0.15, 0.2) is 12.2 Å². The molecule has 0 heterocycles. The van der Waals surface area contributed by atoms with Gasteiger partial charge in [0.05, 0.1) is 26.4 Å². The van der Waals surface area contributed by atoms with Crippen molar-refractivity contribution in [2.24, 2.45) is 0 Å². The van der Waals surface area contributed by atoms with Crippen molar-refractivity contribution in [1.29, 1.82) is 0 Å². The lowest BCUT2D eigenvalue weighted by Crippen LogP contribution is -2.37. The van der Waals surface area contributed by atoms with Crippen molar-refractivity contribution in [1.82, 2.24) is 4.90 Å². The smallest absolute Gasteiger partial charge is 0.305 e. The highest BCUT2D eigenvalue weighted by atomic mass is 16.5. The summed E-state index contributed by atoms with van der Waals surface area (Å²) in [6, 6.07) is 0.273. The molecule has 0 spiro atoms. The Balaban J connectivity index is 3.46. The molecule has 0 amide bonds. The van der Waals surface area contributed by atoms with E-state index in [1.807, 2.05) is 0 Å². The molecule has 32 heavy (non-hydrogen) atoms. The summed E-state index contributed by atoms with van der Waals surface area (Å²) in [6.45, 7) is 5.15. The Morgan fingerprint density at radius 1 is 0.750 bits per heavy atom. The van der Waals surface area contributed by atoms with Crippen molar-refractivity contribution in [2.75, 3.05) is 47.6 Å². The van der Waals surface area contributed by atoms with Gasteiger partial charge in [-0.1, -0.05) is 64.0 Å². The summed E-state index contributed by atoms with van der Waals surface area (Å²) in [5.41, 5.74) is 0. The number of methoxy groups -OCH3 is 1. The van der Waals surface area contributed by atoms with E-state index in [-0.39, 0.29) is 12.0 Å². The van der Waals surface area contributed by atoms with Gasteiger partial charge in [0.2, 0.25) is 0 Å². The van der Waals surface area contributed by atoms with Gasteiger partial charge in [-0.15, -0.1) is 0 Å². The minimum Gasteiger partial charge on any atom is -0.469 e. The van der Waals surface area contributed by atoms with Gasteiger partial charge < -0.3 is 19.1 Å². The normalized spacial score (nSPS) is 12.7. The van der Waals surface area contributed by atoms with Crippen LogP contribution in [-0.2, 0) is 19.0 Å². The van der Waals surface area contributed by atoms with Crippen LogP contribution >= 0.6 is 0 Å². The van der Waals surface area contributed by atoms with E-state index in [1.54, 1.807) is 0 Å². The van der Waals surface area contributed by atoms with Gasteiger partial charge in [-0.3, -0.25) is 4.79 Å².